The molecule has 140 valence electrons. The number of guanidine groups is 1. The molecule has 0 bridgehead atoms. The normalized spacial score (nSPS) is 20.3. The Morgan fingerprint density at radius 2 is 2.19 bits per heavy atom. The van der Waals surface area contributed by atoms with Gasteiger partial charge in [-0.05, 0) is 49.6 Å². The number of rotatable bonds is 7. The first kappa shape index (κ1) is 18.8. The van der Waals surface area contributed by atoms with Crippen molar-refractivity contribution in [2.75, 3.05) is 18.8 Å². The molecular weight excluding hydrogens is 342 g/mol. The van der Waals surface area contributed by atoms with Crippen molar-refractivity contribution in [3.8, 4) is 0 Å². The highest BCUT2D eigenvalue weighted by Gasteiger charge is 2.29. The van der Waals surface area contributed by atoms with E-state index in [1.807, 2.05) is 23.1 Å². The van der Waals surface area contributed by atoms with Crippen molar-refractivity contribution in [1.82, 2.24) is 20.4 Å². The minimum absolute atomic E-state index is 0.333. The Bertz CT molecular complexity index is 705. The third kappa shape index (κ3) is 5.53. The highest BCUT2D eigenvalue weighted by molar-refractivity contribution is 8.00. The largest absolute Gasteiger partial charge is 0.357 e. The molecule has 1 fully saturated rings. The van der Waals surface area contributed by atoms with Gasteiger partial charge < -0.3 is 10.6 Å². The summed E-state index contributed by atoms with van der Waals surface area (Å²) in [6.45, 7) is 7.75. The van der Waals surface area contributed by atoms with Crippen LogP contribution in [0.1, 0.15) is 37.8 Å². The molecule has 1 unspecified atom stereocenters. The third-order valence-corrected chi connectivity index (χ3v) is 6.13. The minimum Gasteiger partial charge on any atom is -0.357 e. The Balaban J connectivity index is 1.59. The summed E-state index contributed by atoms with van der Waals surface area (Å²) in [5.41, 5.74) is 2.46. The molecule has 0 spiro atoms. The molecule has 1 aromatic carbocycles. The SMILES string of the molecule is CCNC(=NCc1cccc(Cn2cccn2)c1)NCC1(C)CCCS1. The maximum absolute atomic E-state index is 4.78. The molecule has 1 aliphatic rings. The summed E-state index contributed by atoms with van der Waals surface area (Å²) < 4.78 is 2.27. The fraction of sp³-hybridized carbons (Fsp3) is 0.500. The van der Waals surface area contributed by atoms with Crippen LogP contribution >= 0.6 is 11.8 Å². The first-order valence-electron chi connectivity index (χ1n) is 9.38. The molecule has 2 aromatic rings. The monoisotopic (exact) mass is 371 g/mol. The van der Waals surface area contributed by atoms with Crippen LogP contribution in [0.15, 0.2) is 47.7 Å². The molecule has 1 saturated heterocycles. The second kappa shape index (κ2) is 9.12. The number of thioether (sulfide) groups is 1. The van der Waals surface area contributed by atoms with Gasteiger partial charge in [0.25, 0.3) is 0 Å². The van der Waals surface area contributed by atoms with Crippen LogP contribution in [0.4, 0.5) is 0 Å². The van der Waals surface area contributed by atoms with Gasteiger partial charge in [0.05, 0.1) is 13.1 Å². The Labute approximate surface area is 160 Å². The molecule has 1 aliphatic heterocycles. The molecule has 0 amide bonds. The summed E-state index contributed by atoms with van der Waals surface area (Å²) in [5, 5.41) is 11.2. The number of aromatic nitrogens is 2. The molecule has 2 N–H and O–H groups in total. The fourth-order valence-corrected chi connectivity index (χ4v) is 4.41. The van der Waals surface area contributed by atoms with Gasteiger partial charge in [0.1, 0.15) is 0 Å². The van der Waals surface area contributed by atoms with Crippen LogP contribution in [0.3, 0.4) is 0 Å². The lowest BCUT2D eigenvalue weighted by molar-refractivity contribution is 0.584. The van der Waals surface area contributed by atoms with Gasteiger partial charge in [-0.3, -0.25) is 4.68 Å². The third-order valence-electron chi connectivity index (χ3n) is 4.59. The lowest BCUT2D eigenvalue weighted by atomic mass is 10.1. The fourth-order valence-electron chi connectivity index (χ4n) is 3.17. The van der Waals surface area contributed by atoms with Gasteiger partial charge in [-0.1, -0.05) is 24.3 Å². The van der Waals surface area contributed by atoms with E-state index in [4.69, 9.17) is 4.99 Å². The summed E-state index contributed by atoms with van der Waals surface area (Å²) in [5.74, 6) is 2.17. The topological polar surface area (TPSA) is 54.2 Å². The number of hydrogen-bond acceptors (Lipinski definition) is 3. The number of hydrogen-bond donors (Lipinski definition) is 2. The summed E-state index contributed by atoms with van der Waals surface area (Å²) >= 11 is 2.07. The van der Waals surface area contributed by atoms with Crippen molar-refractivity contribution in [2.24, 2.45) is 4.99 Å². The van der Waals surface area contributed by atoms with Gasteiger partial charge in [-0.2, -0.15) is 16.9 Å². The molecule has 1 aromatic heterocycles. The zero-order valence-corrected chi connectivity index (χ0v) is 16.6. The second-order valence-electron chi connectivity index (χ2n) is 6.97. The van der Waals surface area contributed by atoms with E-state index in [0.29, 0.717) is 11.3 Å². The van der Waals surface area contributed by atoms with Crippen LogP contribution in [0.25, 0.3) is 0 Å². The predicted molar refractivity (Wildman–Crippen MR) is 111 cm³/mol. The average Bonchev–Trinajstić information content (AvgIpc) is 3.30. The zero-order chi connectivity index (χ0) is 18.2. The van der Waals surface area contributed by atoms with E-state index < -0.39 is 0 Å². The van der Waals surface area contributed by atoms with Crippen LogP contribution < -0.4 is 10.6 Å². The summed E-state index contributed by atoms with van der Waals surface area (Å²) in [7, 11) is 0. The minimum atomic E-state index is 0.333. The van der Waals surface area contributed by atoms with Gasteiger partial charge in [0.15, 0.2) is 5.96 Å². The molecule has 5 nitrogen and oxygen atoms in total. The Morgan fingerprint density at radius 1 is 1.31 bits per heavy atom. The van der Waals surface area contributed by atoms with Crippen molar-refractivity contribution in [1.29, 1.82) is 0 Å². The first-order valence-corrected chi connectivity index (χ1v) is 10.4. The van der Waals surface area contributed by atoms with Crippen molar-refractivity contribution in [3.63, 3.8) is 0 Å². The lowest BCUT2D eigenvalue weighted by Crippen LogP contribution is -2.43. The van der Waals surface area contributed by atoms with Gasteiger partial charge in [-0.15, -0.1) is 0 Å². The summed E-state index contributed by atoms with van der Waals surface area (Å²) in [4.78, 5) is 4.78. The van der Waals surface area contributed by atoms with E-state index in [2.05, 4.69) is 65.6 Å². The molecular formula is C20H29N5S. The number of nitrogens with zero attached hydrogens (tertiary/aromatic N) is 3. The molecule has 3 rings (SSSR count). The van der Waals surface area contributed by atoms with Gasteiger partial charge in [-0.25, -0.2) is 4.99 Å². The smallest absolute Gasteiger partial charge is 0.191 e. The maximum atomic E-state index is 4.78. The average molecular weight is 372 g/mol. The molecule has 0 saturated carbocycles. The maximum Gasteiger partial charge on any atom is 0.191 e. The predicted octanol–water partition coefficient (Wildman–Crippen LogP) is 3.27. The highest BCUT2D eigenvalue weighted by atomic mass is 32.2. The molecule has 1 atom stereocenters. The van der Waals surface area contributed by atoms with E-state index in [-0.39, 0.29) is 0 Å². The summed E-state index contributed by atoms with van der Waals surface area (Å²) in [6.07, 6.45) is 6.39. The van der Waals surface area contributed by atoms with Crippen molar-refractivity contribution in [2.45, 2.75) is 44.5 Å². The van der Waals surface area contributed by atoms with Crippen molar-refractivity contribution >= 4 is 17.7 Å². The molecule has 2 heterocycles. The standard InChI is InChI=1S/C20H29N5S/c1-3-21-19(23-16-20(2)9-5-12-26-20)22-14-17-7-4-8-18(13-17)15-25-11-6-10-24-25/h4,6-8,10-11,13H,3,5,9,12,14-16H2,1-2H3,(H2,21,22,23). The number of nitrogens with one attached hydrogen (secondary N) is 2. The van der Waals surface area contributed by atoms with Crippen LogP contribution in [0, 0.1) is 0 Å². The summed E-state index contributed by atoms with van der Waals surface area (Å²) in [6, 6.07) is 10.5. The van der Waals surface area contributed by atoms with E-state index in [1.165, 1.54) is 29.7 Å². The van der Waals surface area contributed by atoms with E-state index >= 15 is 0 Å². The lowest BCUT2D eigenvalue weighted by Gasteiger charge is -2.24. The Morgan fingerprint density at radius 3 is 2.92 bits per heavy atom. The number of aliphatic imine (C=N–C) groups is 1. The van der Waals surface area contributed by atoms with E-state index in [9.17, 15) is 0 Å². The molecule has 26 heavy (non-hydrogen) atoms. The highest BCUT2D eigenvalue weighted by Crippen LogP contribution is 2.36. The Hall–Kier alpha value is -1.95. The van der Waals surface area contributed by atoms with Crippen molar-refractivity contribution in [3.05, 3.63) is 53.9 Å². The Kier molecular flexibility index (Phi) is 6.61. The van der Waals surface area contributed by atoms with Crippen molar-refractivity contribution < 1.29 is 0 Å². The zero-order valence-electron chi connectivity index (χ0n) is 15.7. The van der Waals surface area contributed by atoms with Crippen LogP contribution in [0.2, 0.25) is 0 Å². The van der Waals surface area contributed by atoms with Crippen LogP contribution in [-0.2, 0) is 13.1 Å². The quantitative estimate of drug-likeness (QED) is 0.579. The van der Waals surface area contributed by atoms with Crippen LogP contribution in [-0.4, -0.2) is 39.3 Å². The van der Waals surface area contributed by atoms with Gasteiger partial charge in [0.2, 0.25) is 0 Å². The molecule has 0 radical (unpaired) electrons. The number of benzene rings is 1. The van der Waals surface area contributed by atoms with E-state index in [0.717, 1.165) is 25.6 Å². The van der Waals surface area contributed by atoms with E-state index in [1.54, 1.807) is 0 Å². The van der Waals surface area contributed by atoms with Crippen LogP contribution in [0.5, 0.6) is 0 Å². The molecule has 6 heteroatoms. The molecule has 0 aliphatic carbocycles. The van der Waals surface area contributed by atoms with Gasteiger partial charge >= 0.3 is 0 Å². The van der Waals surface area contributed by atoms with Gasteiger partial charge in [0, 0.05) is 30.2 Å². The second-order valence-corrected chi connectivity index (χ2v) is 8.66. The first-order chi connectivity index (χ1) is 12.7.